The lowest BCUT2D eigenvalue weighted by molar-refractivity contribution is 0.361. The maximum atomic E-state index is 10.5. The summed E-state index contributed by atoms with van der Waals surface area (Å²) in [5.41, 5.74) is 0.801. The summed E-state index contributed by atoms with van der Waals surface area (Å²) in [7, 11) is -1.25. The summed E-state index contributed by atoms with van der Waals surface area (Å²) in [6.07, 6.45) is 8.77. The van der Waals surface area contributed by atoms with Crippen LogP contribution in [0.4, 0.5) is 5.82 Å². The first-order valence-corrected chi connectivity index (χ1v) is 9.54. The van der Waals surface area contributed by atoms with E-state index in [9.17, 15) is 4.57 Å². The lowest BCUT2D eigenvalue weighted by atomic mass is 9.86. The van der Waals surface area contributed by atoms with E-state index in [1.807, 2.05) is 24.3 Å². The normalized spacial score (nSPS) is 22.0. The summed E-state index contributed by atoms with van der Waals surface area (Å²) < 4.78 is 20.5. The van der Waals surface area contributed by atoms with Crippen molar-refractivity contribution in [3.05, 3.63) is 36.9 Å². The number of hydrogen-bond acceptors (Lipinski definition) is 6. The van der Waals surface area contributed by atoms with E-state index in [-0.39, 0.29) is 0 Å². The summed E-state index contributed by atoms with van der Waals surface area (Å²) in [4.78, 5) is 17.4. The van der Waals surface area contributed by atoms with Crippen LogP contribution in [0, 0.1) is 5.92 Å². The number of benzene rings is 1. The lowest BCUT2D eigenvalue weighted by Gasteiger charge is -2.28. The van der Waals surface area contributed by atoms with Gasteiger partial charge in [-0.2, -0.15) is 0 Å². The van der Waals surface area contributed by atoms with Crippen LogP contribution in [-0.4, -0.2) is 28.0 Å². The largest absolute Gasteiger partial charge is 0.494 e. The first kappa shape index (κ1) is 17.7. The molecule has 0 radical (unpaired) electrons. The standard InChI is InChI=1S/C17H22N3O4P/c1-23-15-4-2-3-14-16(15)18-11-19-17(14)20-13-7-5-12(6-8-13)9-10-24-25(21)22/h2-4,9-13,25H,5-8H2,1H3,(H,21,22)(H,18,19,20)/b10-9+. The van der Waals surface area contributed by atoms with Gasteiger partial charge in [-0.1, -0.05) is 6.07 Å². The number of ether oxygens (including phenoxy) is 1. The molecule has 1 aromatic carbocycles. The van der Waals surface area contributed by atoms with E-state index in [0.29, 0.717) is 12.0 Å². The topological polar surface area (TPSA) is 93.6 Å². The van der Waals surface area contributed by atoms with E-state index in [1.165, 1.54) is 6.26 Å². The van der Waals surface area contributed by atoms with Gasteiger partial charge in [-0.25, -0.2) is 14.5 Å². The Morgan fingerprint density at radius 3 is 2.80 bits per heavy atom. The van der Waals surface area contributed by atoms with Crippen LogP contribution in [0.15, 0.2) is 36.9 Å². The Balaban J connectivity index is 1.64. The highest BCUT2D eigenvalue weighted by atomic mass is 31.1. The number of allylic oxidation sites excluding steroid dienone is 1. The van der Waals surface area contributed by atoms with Crippen LogP contribution in [0.25, 0.3) is 10.9 Å². The fourth-order valence-corrected chi connectivity index (χ4v) is 3.39. The second-order valence-electron chi connectivity index (χ2n) is 6.05. The van der Waals surface area contributed by atoms with E-state index >= 15 is 0 Å². The molecule has 1 aromatic heterocycles. The number of methoxy groups -OCH3 is 1. The fourth-order valence-electron chi connectivity index (χ4n) is 3.20. The van der Waals surface area contributed by atoms with Crippen molar-refractivity contribution in [3.8, 4) is 5.75 Å². The summed E-state index contributed by atoms with van der Waals surface area (Å²) >= 11 is 0. The predicted octanol–water partition coefficient (Wildman–Crippen LogP) is 3.52. The molecule has 8 heteroatoms. The van der Waals surface area contributed by atoms with Gasteiger partial charge in [0.25, 0.3) is 0 Å². The molecule has 1 saturated carbocycles. The van der Waals surface area contributed by atoms with Gasteiger partial charge < -0.3 is 19.5 Å². The zero-order chi connectivity index (χ0) is 17.6. The zero-order valence-corrected chi connectivity index (χ0v) is 15.0. The minimum atomic E-state index is -2.89. The molecule has 0 saturated heterocycles. The van der Waals surface area contributed by atoms with Gasteiger partial charge in [0.1, 0.15) is 23.4 Å². The maximum Gasteiger partial charge on any atom is 0.364 e. The number of nitrogens with one attached hydrogen (secondary N) is 1. The van der Waals surface area contributed by atoms with E-state index < -0.39 is 8.25 Å². The highest BCUT2D eigenvalue weighted by Crippen LogP contribution is 2.31. The van der Waals surface area contributed by atoms with Gasteiger partial charge in [0.05, 0.1) is 13.4 Å². The van der Waals surface area contributed by atoms with E-state index in [4.69, 9.17) is 9.63 Å². The first-order chi connectivity index (χ1) is 12.2. The van der Waals surface area contributed by atoms with Gasteiger partial charge in [-0.3, -0.25) is 0 Å². The van der Waals surface area contributed by atoms with Crippen LogP contribution in [0.1, 0.15) is 25.7 Å². The molecule has 0 amide bonds. The fraction of sp³-hybridized carbons (Fsp3) is 0.412. The molecule has 0 aliphatic heterocycles. The highest BCUT2D eigenvalue weighted by molar-refractivity contribution is 7.32. The third-order valence-electron chi connectivity index (χ3n) is 4.48. The van der Waals surface area contributed by atoms with Gasteiger partial charge in [-0.15, -0.1) is 0 Å². The lowest BCUT2D eigenvalue weighted by Crippen LogP contribution is -2.26. The number of nitrogens with zero attached hydrogens (tertiary/aromatic N) is 2. The summed E-state index contributed by atoms with van der Waals surface area (Å²) in [5.74, 6) is 1.94. The van der Waals surface area contributed by atoms with Gasteiger partial charge in [0, 0.05) is 11.4 Å². The average molecular weight is 363 g/mol. The molecule has 134 valence electrons. The monoisotopic (exact) mass is 363 g/mol. The van der Waals surface area contributed by atoms with Crippen molar-refractivity contribution in [2.75, 3.05) is 12.4 Å². The van der Waals surface area contributed by atoms with Crippen LogP contribution in [-0.2, 0) is 9.09 Å². The molecule has 7 nitrogen and oxygen atoms in total. The van der Waals surface area contributed by atoms with Crippen molar-refractivity contribution in [1.82, 2.24) is 9.97 Å². The van der Waals surface area contributed by atoms with Gasteiger partial charge in [-0.05, 0) is 49.8 Å². The van der Waals surface area contributed by atoms with Gasteiger partial charge >= 0.3 is 8.25 Å². The number of anilines is 1. The van der Waals surface area contributed by atoms with Crippen molar-refractivity contribution >= 4 is 25.0 Å². The van der Waals surface area contributed by atoms with Crippen molar-refractivity contribution in [2.24, 2.45) is 5.92 Å². The second-order valence-corrected chi connectivity index (χ2v) is 6.81. The summed E-state index contributed by atoms with van der Waals surface area (Å²) in [6.45, 7) is 0. The van der Waals surface area contributed by atoms with E-state index in [2.05, 4.69) is 19.8 Å². The van der Waals surface area contributed by atoms with Crippen molar-refractivity contribution < 1.29 is 18.7 Å². The molecule has 1 aliphatic rings. The predicted molar refractivity (Wildman–Crippen MR) is 96.9 cm³/mol. The molecule has 0 bridgehead atoms. The smallest absolute Gasteiger partial charge is 0.364 e. The molecule has 25 heavy (non-hydrogen) atoms. The Kier molecular flexibility index (Phi) is 5.89. The number of fused-ring (bicyclic) bond motifs is 1. The van der Waals surface area contributed by atoms with E-state index in [0.717, 1.165) is 48.2 Å². The number of aromatic nitrogens is 2. The molecule has 1 fully saturated rings. The second kappa shape index (κ2) is 8.32. The van der Waals surface area contributed by atoms with Crippen LogP contribution >= 0.6 is 8.25 Å². The minimum absolute atomic E-state index is 0.340. The van der Waals surface area contributed by atoms with Crippen LogP contribution in [0.2, 0.25) is 0 Å². The summed E-state index contributed by atoms with van der Waals surface area (Å²) in [6, 6.07) is 6.15. The quantitative estimate of drug-likeness (QED) is 0.599. The SMILES string of the molecule is COc1cccc2c(NC3CCC(/C=C/O[PH](=O)O)CC3)ncnc12. The molecule has 0 spiro atoms. The number of hydrogen-bond donors (Lipinski definition) is 2. The highest BCUT2D eigenvalue weighted by Gasteiger charge is 2.20. The molecule has 2 aromatic rings. The number of para-hydroxylation sites is 1. The molecule has 1 atom stereocenters. The Labute approximate surface area is 147 Å². The summed E-state index contributed by atoms with van der Waals surface area (Å²) in [5, 5.41) is 4.47. The van der Waals surface area contributed by atoms with Crippen LogP contribution in [0.3, 0.4) is 0 Å². The van der Waals surface area contributed by atoms with E-state index in [1.54, 1.807) is 13.4 Å². The Morgan fingerprint density at radius 2 is 2.08 bits per heavy atom. The Morgan fingerprint density at radius 1 is 1.28 bits per heavy atom. The molecule has 2 N–H and O–H groups in total. The molecular formula is C17H22N3O4P. The van der Waals surface area contributed by atoms with Crippen molar-refractivity contribution in [1.29, 1.82) is 0 Å². The Hall–Kier alpha value is -2.11. The van der Waals surface area contributed by atoms with Gasteiger partial charge in [0.15, 0.2) is 0 Å². The molecule has 3 rings (SSSR count). The van der Waals surface area contributed by atoms with Crippen molar-refractivity contribution in [3.63, 3.8) is 0 Å². The van der Waals surface area contributed by atoms with Crippen LogP contribution < -0.4 is 10.1 Å². The molecule has 1 aliphatic carbocycles. The minimum Gasteiger partial charge on any atom is -0.494 e. The molecule has 1 heterocycles. The zero-order valence-electron chi connectivity index (χ0n) is 14.0. The third kappa shape index (κ3) is 4.50. The average Bonchev–Trinajstić information content (AvgIpc) is 2.62. The van der Waals surface area contributed by atoms with Gasteiger partial charge in [0.2, 0.25) is 0 Å². The molecule has 1 unspecified atom stereocenters. The number of rotatable bonds is 6. The Bertz CT molecular complexity index is 776. The van der Waals surface area contributed by atoms with Crippen molar-refractivity contribution in [2.45, 2.75) is 31.7 Å². The van der Waals surface area contributed by atoms with Crippen LogP contribution in [0.5, 0.6) is 5.75 Å². The maximum absolute atomic E-state index is 10.5. The molecular weight excluding hydrogens is 341 g/mol. The first-order valence-electron chi connectivity index (χ1n) is 8.28. The third-order valence-corrected chi connectivity index (χ3v) is 4.82.